The molecule has 2 atom stereocenters. The number of pyridine rings is 1. The van der Waals surface area contributed by atoms with Crippen LogP contribution in [0, 0.1) is 17.1 Å². The molecule has 234 valence electrons. The summed E-state index contributed by atoms with van der Waals surface area (Å²) in [5, 5.41) is 18.6. The Balaban J connectivity index is 1.52. The zero-order chi connectivity index (χ0) is 32.6. The van der Waals surface area contributed by atoms with Crippen LogP contribution in [0.25, 0.3) is 11.3 Å². The molecule has 3 heterocycles. The lowest BCUT2D eigenvalue weighted by Gasteiger charge is -2.43. The van der Waals surface area contributed by atoms with Crippen LogP contribution in [-0.2, 0) is 14.4 Å². The first kappa shape index (κ1) is 30.8. The van der Waals surface area contributed by atoms with Crippen LogP contribution in [0.1, 0.15) is 42.7 Å². The summed E-state index contributed by atoms with van der Waals surface area (Å²) in [6.07, 6.45) is 0.964. The molecular weight excluding hydrogens is 625 g/mol. The molecule has 6 rings (SSSR count). The van der Waals surface area contributed by atoms with E-state index >= 15 is 0 Å². The number of rotatable bonds is 8. The molecule has 2 N–H and O–H groups in total. The Labute approximate surface area is 265 Å². The molecule has 10 nitrogen and oxygen atoms in total. The van der Waals surface area contributed by atoms with E-state index in [-0.39, 0.29) is 51.8 Å². The van der Waals surface area contributed by atoms with Crippen LogP contribution >= 0.6 is 11.6 Å². The molecule has 1 unspecified atom stereocenters. The van der Waals surface area contributed by atoms with E-state index in [2.05, 4.69) is 20.8 Å². The molecule has 1 aliphatic heterocycles. The molecule has 1 saturated heterocycles. The van der Waals surface area contributed by atoms with Crippen molar-refractivity contribution in [2.45, 2.75) is 49.1 Å². The van der Waals surface area contributed by atoms with Gasteiger partial charge in [0.05, 0.1) is 23.7 Å². The molecule has 3 amide bonds. The highest BCUT2D eigenvalue weighted by molar-refractivity contribution is 6.32. The fourth-order valence-electron chi connectivity index (χ4n) is 6.09. The maximum absolute atomic E-state index is 14.8. The average molecular weight is 649 g/mol. The number of amides is 3. The number of hydrogen-bond acceptors (Lipinski definition) is 7. The summed E-state index contributed by atoms with van der Waals surface area (Å²) < 4.78 is 47.5. The van der Waals surface area contributed by atoms with Crippen LogP contribution in [0.5, 0.6) is 0 Å². The molecule has 46 heavy (non-hydrogen) atoms. The third kappa shape index (κ3) is 5.67. The van der Waals surface area contributed by atoms with E-state index in [4.69, 9.17) is 16.1 Å². The monoisotopic (exact) mass is 648 g/mol. The summed E-state index contributed by atoms with van der Waals surface area (Å²) in [5.74, 6) is -7.47. The number of anilines is 2. The number of nitriles is 1. The van der Waals surface area contributed by atoms with E-state index in [0.717, 1.165) is 11.0 Å². The molecule has 0 bridgehead atoms. The molecule has 2 fully saturated rings. The van der Waals surface area contributed by atoms with Crippen LogP contribution in [-0.4, -0.2) is 45.4 Å². The standard InChI is InChI=1S/C32H24ClF3N6O4/c33-24-4-2-1-3-23(24)28(29(44)40-22-15-31(35,36)16-22)32(8-5-27(43)42(32)26-11-18(17-37)6-9-38-26)30(45)41-21-13-19(12-20(34)14-21)25-7-10-39-46-25/h1-4,6-7,9-14,22,28H,5,8,15-16H2,(H,40,44)(H,41,45)/t28-,32?/m1/s1. The predicted octanol–water partition coefficient (Wildman–Crippen LogP) is 5.60. The van der Waals surface area contributed by atoms with Crippen molar-refractivity contribution in [3.63, 3.8) is 0 Å². The SMILES string of the molecule is N#Cc1ccnc(N2C(=O)CCC2(C(=O)Nc2cc(F)cc(-c3ccno3)c2)[C@@H](C(=O)NC2CC(F)(F)C2)c2ccccc2Cl)c1. The van der Waals surface area contributed by atoms with Gasteiger partial charge in [-0.2, -0.15) is 5.26 Å². The third-order valence-electron chi connectivity index (χ3n) is 8.14. The highest BCUT2D eigenvalue weighted by atomic mass is 35.5. The Morgan fingerprint density at radius 2 is 1.89 bits per heavy atom. The van der Waals surface area contributed by atoms with Gasteiger partial charge < -0.3 is 15.2 Å². The Kier molecular flexibility index (Phi) is 7.99. The van der Waals surface area contributed by atoms with Crippen LogP contribution in [0.2, 0.25) is 5.02 Å². The number of nitrogens with zero attached hydrogens (tertiary/aromatic N) is 4. The molecule has 2 aliphatic rings. The maximum Gasteiger partial charge on any atom is 0.252 e. The van der Waals surface area contributed by atoms with Gasteiger partial charge in [0, 0.05) is 53.8 Å². The zero-order valence-electron chi connectivity index (χ0n) is 23.8. The zero-order valence-corrected chi connectivity index (χ0v) is 24.6. The van der Waals surface area contributed by atoms with Gasteiger partial charge >= 0.3 is 0 Å². The smallest absolute Gasteiger partial charge is 0.252 e. The van der Waals surface area contributed by atoms with Crippen molar-refractivity contribution in [3.05, 3.63) is 95.0 Å². The fraction of sp³-hybridized carbons (Fsp3) is 0.250. The van der Waals surface area contributed by atoms with Gasteiger partial charge in [-0.1, -0.05) is 35.0 Å². The lowest BCUT2D eigenvalue weighted by Crippen LogP contribution is -2.63. The van der Waals surface area contributed by atoms with Crippen molar-refractivity contribution < 1.29 is 32.1 Å². The van der Waals surface area contributed by atoms with E-state index < -0.39 is 59.8 Å². The average Bonchev–Trinajstić information content (AvgIpc) is 3.66. The van der Waals surface area contributed by atoms with Crippen molar-refractivity contribution in [2.24, 2.45) is 0 Å². The van der Waals surface area contributed by atoms with Gasteiger partial charge in [-0.25, -0.2) is 18.2 Å². The van der Waals surface area contributed by atoms with Crippen LogP contribution in [0.15, 0.2) is 77.6 Å². The molecular formula is C32H24ClF3N6O4. The third-order valence-corrected chi connectivity index (χ3v) is 8.48. The molecule has 2 aromatic heterocycles. The highest BCUT2D eigenvalue weighted by Crippen LogP contribution is 2.48. The van der Waals surface area contributed by atoms with Crippen molar-refractivity contribution >= 4 is 40.8 Å². The Bertz CT molecular complexity index is 1870. The van der Waals surface area contributed by atoms with Gasteiger partial charge in [0.15, 0.2) is 5.76 Å². The van der Waals surface area contributed by atoms with Gasteiger partial charge in [-0.15, -0.1) is 0 Å². The first-order valence-corrected chi connectivity index (χ1v) is 14.5. The lowest BCUT2D eigenvalue weighted by atomic mass is 9.74. The number of hydrogen-bond donors (Lipinski definition) is 2. The maximum atomic E-state index is 14.8. The van der Waals surface area contributed by atoms with Gasteiger partial charge in [-0.3, -0.25) is 19.3 Å². The Hall–Kier alpha value is -5.22. The second-order valence-corrected chi connectivity index (χ2v) is 11.6. The number of alkyl halides is 2. The minimum Gasteiger partial charge on any atom is -0.356 e. The van der Waals surface area contributed by atoms with Crippen molar-refractivity contribution in [3.8, 4) is 17.4 Å². The van der Waals surface area contributed by atoms with Gasteiger partial charge in [0.1, 0.15) is 17.2 Å². The normalized spacial score (nSPS) is 19.6. The largest absolute Gasteiger partial charge is 0.356 e. The summed E-state index contributed by atoms with van der Waals surface area (Å²) in [4.78, 5) is 48.0. The van der Waals surface area contributed by atoms with E-state index in [1.54, 1.807) is 12.1 Å². The van der Waals surface area contributed by atoms with Gasteiger partial charge in [0.25, 0.3) is 11.8 Å². The van der Waals surface area contributed by atoms with Crippen LogP contribution < -0.4 is 15.5 Å². The summed E-state index contributed by atoms with van der Waals surface area (Å²) >= 11 is 6.61. The number of aromatic nitrogens is 2. The van der Waals surface area contributed by atoms with Crippen molar-refractivity contribution in [2.75, 3.05) is 10.2 Å². The molecule has 2 aromatic carbocycles. The minimum absolute atomic E-state index is 0.0363. The number of carbonyl (C=O) groups is 3. The van der Waals surface area contributed by atoms with Crippen molar-refractivity contribution in [1.29, 1.82) is 5.26 Å². The fourth-order valence-corrected chi connectivity index (χ4v) is 6.33. The Morgan fingerprint density at radius 3 is 2.59 bits per heavy atom. The second kappa shape index (κ2) is 11.9. The quantitative estimate of drug-likeness (QED) is 0.253. The number of nitrogens with one attached hydrogen (secondary N) is 2. The first-order valence-electron chi connectivity index (χ1n) is 14.2. The van der Waals surface area contributed by atoms with Gasteiger partial charge in [0.2, 0.25) is 11.8 Å². The van der Waals surface area contributed by atoms with Gasteiger partial charge in [-0.05, 0) is 48.4 Å². The van der Waals surface area contributed by atoms with Crippen LogP contribution in [0.3, 0.4) is 0 Å². The first-order chi connectivity index (χ1) is 22.0. The summed E-state index contributed by atoms with van der Waals surface area (Å²) in [7, 11) is 0. The number of halogens is 4. The number of carbonyl (C=O) groups excluding carboxylic acids is 3. The molecule has 4 aromatic rings. The summed E-state index contributed by atoms with van der Waals surface area (Å²) in [6.45, 7) is 0. The highest BCUT2D eigenvalue weighted by Gasteiger charge is 2.61. The van der Waals surface area contributed by atoms with E-state index in [1.165, 1.54) is 54.9 Å². The molecule has 1 aliphatic carbocycles. The molecule has 0 radical (unpaired) electrons. The number of benzene rings is 2. The Morgan fingerprint density at radius 1 is 1.11 bits per heavy atom. The second-order valence-electron chi connectivity index (χ2n) is 11.2. The summed E-state index contributed by atoms with van der Waals surface area (Å²) in [5.41, 5.74) is -1.64. The molecule has 14 heteroatoms. The van der Waals surface area contributed by atoms with E-state index in [9.17, 15) is 32.8 Å². The summed E-state index contributed by atoms with van der Waals surface area (Å²) in [6, 6.07) is 15.1. The lowest BCUT2D eigenvalue weighted by molar-refractivity contribution is -0.136. The predicted molar refractivity (Wildman–Crippen MR) is 159 cm³/mol. The molecule has 1 saturated carbocycles. The minimum atomic E-state index is -2.96. The van der Waals surface area contributed by atoms with Crippen LogP contribution in [0.4, 0.5) is 24.7 Å². The van der Waals surface area contributed by atoms with Crippen molar-refractivity contribution in [1.82, 2.24) is 15.5 Å². The van der Waals surface area contributed by atoms with E-state index in [1.807, 2.05) is 6.07 Å². The topological polar surface area (TPSA) is 141 Å². The molecule has 0 spiro atoms. The van der Waals surface area contributed by atoms with E-state index in [0.29, 0.717) is 0 Å².